The van der Waals surface area contributed by atoms with Gasteiger partial charge in [0.1, 0.15) is 0 Å². The first-order valence-electron chi connectivity index (χ1n) is 9.37. The number of likely N-dealkylation sites (tertiary alicyclic amines) is 1. The Kier molecular flexibility index (Phi) is 4.33. The van der Waals surface area contributed by atoms with E-state index in [2.05, 4.69) is 29.1 Å². The smallest absolute Gasteiger partial charge is 0.314 e. The van der Waals surface area contributed by atoms with Crippen LogP contribution in [0.2, 0.25) is 0 Å². The molecule has 1 amide bonds. The minimum absolute atomic E-state index is 0.0170. The van der Waals surface area contributed by atoms with Crippen LogP contribution in [0.25, 0.3) is 0 Å². The first kappa shape index (κ1) is 18.4. The maximum absolute atomic E-state index is 13.0. The second-order valence-electron chi connectivity index (χ2n) is 8.34. The first-order chi connectivity index (χ1) is 13.4. The molecule has 2 atom stereocenters. The van der Waals surface area contributed by atoms with Gasteiger partial charge in [0.25, 0.3) is 5.91 Å². The van der Waals surface area contributed by atoms with Crippen molar-refractivity contribution in [1.82, 2.24) is 14.9 Å². The summed E-state index contributed by atoms with van der Waals surface area (Å²) in [6.07, 6.45) is 3.78. The number of anilines is 2. The zero-order valence-corrected chi connectivity index (χ0v) is 16.3. The number of esters is 1. The van der Waals surface area contributed by atoms with Gasteiger partial charge in [-0.15, -0.1) is 0 Å². The van der Waals surface area contributed by atoms with Gasteiger partial charge in [-0.05, 0) is 29.9 Å². The van der Waals surface area contributed by atoms with E-state index < -0.39 is 5.41 Å². The lowest BCUT2D eigenvalue weighted by Gasteiger charge is -2.54. The van der Waals surface area contributed by atoms with Crippen molar-refractivity contribution in [1.29, 1.82) is 0 Å². The highest BCUT2D eigenvalue weighted by Crippen LogP contribution is 2.63. The molecule has 0 bridgehead atoms. The number of hydrogen-bond acceptors (Lipinski definition) is 6. The molecule has 4 rings (SSSR count). The number of rotatable bonds is 4. The Labute approximate surface area is 164 Å². The minimum Gasteiger partial charge on any atom is -0.469 e. The molecule has 0 radical (unpaired) electrons. The molecule has 1 aliphatic carbocycles. The molecule has 1 N–H and O–H groups in total. The van der Waals surface area contributed by atoms with Crippen LogP contribution >= 0.6 is 0 Å². The average Bonchev–Trinajstić information content (AvgIpc) is 3.04. The van der Waals surface area contributed by atoms with Crippen molar-refractivity contribution in [3.05, 3.63) is 48.3 Å². The number of aromatic nitrogens is 2. The zero-order chi connectivity index (χ0) is 19.9. The zero-order valence-electron chi connectivity index (χ0n) is 16.3. The van der Waals surface area contributed by atoms with E-state index in [4.69, 9.17) is 4.74 Å². The van der Waals surface area contributed by atoms with Crippen LogP contribution in [-0.4, -0.2) is 46.9 Å². The molecule has 2 fully saturated rings. The molecular weight excluding hydrogens is 356 g/mol. The topological polar surface area (TPSA) is 84.4 Å². The van der Waals surface area contributed by atoms with Crippen LogP contribution in [0.3, 0.4) is 0 Å². The first-order valence-corrected chi connectivity index (χ1v) is 9.37. The van der Waals surface area contributed by atoms with Gasteiger partial charge in [0, 0.05) is 31.2 Å². The standard InChI is InChI=1S/C21H24N4O3/c1-20(2)12-21(18(27)28-3)13-25(11-16(20)21)17(26)14-9-22-19(23-10-14)24-15-7-5-4-6-8-15/h4-10,16H,11-13H2,1-3H3,(H,22,23,24)/t16-,21+/m1/s1. The highest BCUT2D eigenvalue weighted by molar-refractivity contribution is 5.95. The normalized spacial score (nSPS) is 24.8. The average molecular weight is 380 g/mol. The lowest BCUT2D eigenvalue weighted by atomic mass is 9.48. The lowest BCUT2D eigenvalue weighted by molar-refractivity contribution is -0.174. The molecule has 0 spiro atoms. The van der Waals surface area contributed by atoms with Crippen molar-refractivity contribution < 1.29 is 14.3 Å². The third-order valence-corrected chi connectivity index (χ3v) is 6.07. The van der Waals surface area contributed by atoms with E-state index in [1.807, 2.05) is 30.3 Å². The van der Waals surface area contributed by atoms with Crippen molar-refractivity contribution in [2.45, 2.75) is 20.3 Å². The Morgan fingerprint density at radius 3 is 2.46 bits per heavy atom. The molecule has 1 saturated heterocycles. The van der Waals surface area contributed by atoms with Crippen LogP contribution in [0.15, 0.2) is 42.7 Å². The molecule has 28 heavy (non-hydrogen) atoms. The summed E-state index contributed by atoms with van der Waals surface area (Å²) in [6, 6.07) is 9.59. The van der Waals surface area contributed by atoms with Gasteiger partial charge in [0.15, 0.2) is 0 Å². The van der Waals surface area contributed by atoms with E-state index >= 15 is 0 Å². The highest BCUT2D eigenvalue weighted by atomic mass is 16.5. The number of hydrogen-bond donors (Lipinski definition) is 1. The Balaban J connectivity index is 1.48. The molecule has 1 aliphatic heterocycles. The summed E-state index contributed by atoms with van der Waals surface area (Å²) in [5.74, 6) is 0.165. The van der Waals surface area contributed by atoms with E-state index in [1.54, 1.807) is 4.90 Å². The lowest BCUT2D eigenvalue weighted by Crippen LogP contribution is -2.57. The molecule has 7 heteroatoms. The number of nitrogens with zero attached hydrogens (tertiary/aromatic N) is 3. The van der Waals surface area contributed by atoms with Gasteiger partial charge in [-0.2, -0.15) is 0 Å². The number of para-hydroxylation sites is 1. The van der Waals surface area contributed by atoms with Crippen molar-refractivity contribution >= 4 is 23.5 Å². The summed E-state index contributed by atoms with van der Waals surface area (Å²) in [6.45, 7) is 5.21. The van der Waals surface area contributed by atoms with Crippen LogP contribution in [0.5, 0.6) is 0 Å². The highest BCUT2D eigenvalue weighted by Gasteiger charge is 2.68. The fraction of sp³-hybridized carbons (Fsp3) is 0.429. The van der Waals surface area contributed by atoms with Crippen molar-refractivity contribution in [3.63, 3.8) is 0 Å². The minimum atomic E-state index is -0.580. The van der Waals surface area contributed by atoms with Gasteiger partial charge >= 0.3 is 5.97 Å². The van der Waals surface area contributed by atoms with Crippen molar-refractivity contribution in [2.24, 2.45) is 16.7 Å². The van der Waals surface area contributed by atoms with Crippen LogP contribution in [0.4, 0.5) is 11.6 Å². The number of fused-ring (bicyclic) bond motifs is 1. The second kappa shape index (κ2) is 6.58. The maximum Gasteiger partial charge on any atom is 0.314 e. The molecule has 1 aromatic heterocycles. The number of carbonyl (C=O) groups excluding carboxylic acids is 2. The maximum atomic E-state index is 13.0. The van der Waals surface area contributed by atoms with Gasteiger partial charge in [-0.3, -0.25) is 9.59 Å². The molecular formula is C21H24N4O3. The van der Waals surface area contributed by atoms with Gasteiger partial charge in [-0.1, -0.05) is 32.0 Å². The number of carbonyl (C=O) groups is 2. The number of methoxy groups -OCH3 is 1. The molecule has 1 saturated carbocycles. The quantitative estimate of drug-likeness (QED) is 0.821. The molecule has 2 aliphatic rings. The predicted molar refractivity (Wildman–Crippen MR) is 104 cm³/mol. The van der Waals surface area contributed by atoms with Crippen LogP contribution in [-0.2, 0) is 9.53 Å². The fourth-order valence-corrected chi connectivity index (χ4v) is 4.86. The number of ether oxygens (including phenoxy) is 1. The Hall–Kier alpha value is -2.96. The van der Waals surface area contributed by atoms with Gasteiger partial charge in [-0.25, -0.2) is 9.97 Å². The Morgan fingerprint density at radius 2 is 1.86 bits per heavy atom. The number of benzene rings is 1. The Morgan fingerprint density at radius 1 is 1.18 bits per heavy atom. The summed E-state index contributed by atoms with van der Waals surface area (Å²) in [5, 5.41) is 3.09. The van der Waals surface area contributed by atoms with Crippen molar-refractivity contribution in [3.8, 4) is 0 Å². The summed E-state index contributed by atoms with van der Waals surface area (Å²) >= 11 is 0. The summed E-state index contributed by atoms with van der Waals surface area (Å²) in [5.41, 5.74) is 0.727. The largest absolute Gasteiger partial charge is 0.469 e. The number of nitrogens with one attached hydrogen (secondary N) is 1. The third kappa shape index (κ3) is 2.91. The van der Waals surface area contributed by atoms with Crippen LogP contribution in [0, 0.1) is 16.7 Å². The van der Waals surface area contributed by atoms with E-state index in [1.165, 1.54) is 19.5 Å². The van der Waals surface area contributed by atoms with E-state index in [-0.39, 0.29) is 23.2 Å². The third-order valence-electron chi connectivity index (χ3n) is 6.07. The van der Waals surface area contributed by atoms with E-state index in [0.29, 0.717) is 24.6 Å². The molecule has 0 unspecified atom stereocenters. The van der Waals surface area contributed by atoms with Crippen molar-refractivity contribution in [2.75, 3.05) is 25.5 Å². The molecule has 146 valence electrons. The monoisotopic (exact) mass is 380 g/mol. The second-order valence-corrected chi connectivity index (χ2v) is 8.34. The van der Waals surface area contributed by atoms with Crippen LogP contribution < -0.4 is 5.32 Å². The van der Waals surface area contributed by atoms with E-state index in [0.717, 1.165) is 12.1 Å². The van der Waals surface area contributed by atoms with Gasteiger partial charge in [0.2, 0.25) is 5.95 Å². The molecule has 2 heterocycles. The molecule has 7 nitrogen and oxygen atoms in total. The SMILES string of the molecule is COC(=O)[C@@]12CN(C(=O)c3cnc(Nc4ccccc4)nc3)C[C@@H]1C(C)(C)C2. The predicted octanol–water partition coefficient (Wildman–Crippen LogP) is 2.88. The van der Waals surface area contributed by atoms with Crippen LogP contribution in [0.1, 0.15) is 30.6 Å². The summed E-state index contributed by atoms with van der Waals surface area (Å²) < 4.78 is 5.05. The fourth-order valence-electron chi connectivity index (χ4n) is 4.86. The molecule has 1 aromatic carbocycles. The Bertz CT molecular complexity index is 898. The molecule has 2 aromatic rings. The van der Waals surface area contributed by atoms with Gasteiger partial charge < -0.3 is 15.0 Å². The number of amides is 1. The van der Waals surface area contributed by atoms with Gasteiger partial charge in [0.05, 0.1) is 18.1 Å². The summed E-state index contributed by atoms with van der Waals surface area (Å²) in [4.78, 5) is 35.6. The van der Waals surface area contributed by atoms with E-state index in [9.17, 15) is 9.59 Å². The summed E-state index contributed by atoms with van der Waals surface area (Å²) in [7, 11) is 1.41.